The molecule has 0 bridgehead atoms. The molecule has 1 aromatic carbocycles. The van der Waals surface area contributed by atoms with Crippen LogP contribution >= 0.6 is 11.3 Å². The summed E-state index contributed by atoms with van der Waals surface area (Å²) >= 11 is 1.39. The van der Waals surface area contributed by atoms with Crippen LogP contribution in [0.5, 0.6) is 0 Å². The third kappa shape index (κ3) is 3.49. The summed E-state index contributed by atoms with van der Waals surface area (Å²) < 4.78 is 5.05. The van der Waals surface area contributed by atoms with Crippen molar-refractivity contribution in [3.63, 3.8) is 0 Å². The summed E-state index contributed by atoms with van der Waals surface area (Å²) in [5.41, 5.74) is 2.20. The van der Waals surface area contributed by atoms with E-state index < -0.39 is 0 Å². The first-order valence-electron chi connectivity index (χ1n) is 6.94. The van der Waals surface area contributed by atoms with E-state index in [9.17, 15) is 9.59 Å². The Bertz CT molecular complexity index is 824. The van der Waals surface area contributed by atoms with E-state index in [2.05, 4.69) is 10.6 Å². The second-order valence-electron chi connectivity index (χ2n) is 4.89. The molecule has 0 aliphatic rings. The Kier molecular flexibility index (Phi) is 4.25. The SMILES string of the molecule is Cc1cc(NC(=O)c2ccco2)ccc1NC(=O)c1cccs1. The highest BCUT2D eigenvalue weighted by Gasteiger charge is 2.11. The second kappa shape index (κ2) is 6.50. The van der Waals surface area contributed by atoms with E-state index in [0.29, 0.717) is 16.3 Å². The molecule has 0 radical (unpaired) electrons. The van der Waals surface area contributed by atoms with Gasteiger partial charge in [0.05, 0.1) is 11.1 Å². The van der Waals surface area contributed by atoms with E-state index >= 15 is 0 Å². The van der Waals surface area contributed by atoms with Crippen LogP contribution in [0.25, 0.3) is 0 Å². The van der Waals surface area contributed by atoms with Crippen LogP contribution in [0, 0.1) is 6.92 Å². The maximum Gasteiger partial charge on any atom is 0.291 e. The Morgan fingerprint density at radius 2 is 1.91 bits per heavy atom. The van der Waals surface area contributed by atoms with Gasteiger partial charge >= 0.3 is 0 Å². The van der Waals surface area contributed by atoms with Crippen molar-refractivity contribution >= 4 is 34.5 Å². The molecule has 2 aromatic heterocycles. The predicted molar refractivity (Wildman–Crippen MR) is 90.1 cm³/mol. The van der Waals surface area contributed by atoms with Gasteiger partial charge in [-0.15, -0.1) is 11.3 Å². The zero-order valence-corrected chi connectivity index (χ0v) is 13.1. The number of aryl methyl sites for hydroxylation is 1. The van der Waals surface area contributed by atoms with Crippen LogP contribution in [0.15, 0.2) is 58.5 Å². The number of rotatable bonds is 4. The molecule has 3 aromatic rings. The summed E-state index contributed by atoms with van der Waals surface area (Å²) in [5.74, 6) is -0.210. The molecule has 0 fully saturated rings. The standard InChI is InChI=1S/C17H14N2O3S/c1-11-10-12(18-16(20)14-4-2-8-22-14)6-7-13(11)19-17(21)15-5-3-9-23-15/h2-10H,1H3,(H,18,20)(H,19,21). The number of anilines is 2. The third-order valence-electron chi connectivity index (χ3n) is 3.22. The monoisotopic (exact) mass is 326 g/mol. The zero-order valence-electron chi connectivity index (χ0n) is 12.3. The van der Waals surface area contributed by atoms with Gasteiger partial charge in [-0.2, -0.15) is 0 Å². The van der Waals surface area contributed by atoms with E-state index in [1.54, 1.807) is 36.4 Å². The molecule has 6 heteroatoms. The van der Waals surface area contributed by atoms with E-state index in [4.69, 9.17) is 4.42 Å². The van der Waals surface area contributed by atoms with Crippen LogP contribution in [0.2, 0.25) is 0 Å². The van der Waals surface area contributed by atoms with Gasteiger partial charge in [0.15, 0.2) is 5.76 Å². The van der Waals surface area contributed by atoms with Crippen molar-refractivity contribution in [1.82, 2.24) is 0 Å². The highest BCUT2D eigenvalue weighted by atomic mass is 32.1. The van der Waals surface area contributed by atoms with Crippen molar-refractivity contribution in [1.29, 1.82) is 0 Å². The van der Waals surface area contributed by atoms with E-state index in [1.165, 1.54) is 17.6 Å². The Morgan fingerprint density at radius 3 is 2.57 bits per heavy atom. The number of nitrogens with one attached hydrogen (secondary N) is 2. The smallest absolute Gasteiger partial charge is 0.291 e. The summed E-state index contributed by atoms with van der Waals surface area (Å²) in [6.07, 6.45) is 1.45. The predicted octanol–water partition coefficient (Wildman–Crippen LogP) is 4.15. The summed E-state index contributed by atoms with van der Waals surface area (Å²) in [6.45, 7) is 1.87. The number of carbonyl (C=O) groups excluding carboxylic acids is 2. The van der Waals surface area contributed by atoms with Gasteiger partial charge in [-0.1, -0.05) is 6.07 Å². The molecule has 2 N–H and O–H groups in total. The zero-order chi connectivity index (χ0) is 16.2. The Hall–Kier alpha value is -2.86. The molecule has 23 heavy (non-hydrogen) atoms. The Balaban J connectivity index is 1.71. The summed E-state index contributed by atoms with van der Waals surface area (Å²) in [7, 11) is 0. The molecule has 0 spiro atoms. The van der Waals surface area contributed by atoms with Crippen molar-refractivity contribution in [2.75, 3.05) is 10.6 Å². The highest BCUT2D eigenvalue weighted by Crippen LogP contribution is 2.21. The van der Waals surface area contributed by atoms with Gasteiger partial charge in [0.25, 0.3) is 11.8 Å². The quantitative estimate of drug-likeness (QED) is 0.756. The number of carbonyl (C=O) groups is 2. The Labute approximate surface area is 136 Å². The van der Waals surface area contributed by atoms with Crippen LogP contribution in [0.3, 0.4) is 0 Å². The molecule has 0 saturated carbocycles. The summed E-state index contributed by atoms with van der Waals surface area (Å²) in [5, 5.41) is 7.47. The van der Waals surface area contributed by atoms with Gasteiger partial charge in [-0.25, -0.2) is 0 Å². The molecule has 0 atom stereocenters. The summed E-state index contributed by atoms with van der Waals surface area (Å²) in [4.78, 5) is 24.6. The van der Waals surface area contributed by atoms with Gasteiger partial charge in [-0.05, 0) is 54.3 Å². The number of benzene rings is 1. The van der Waals surface area contributed by atoms with Crippen molar-refractivity contribution in [3.05, 3.63) is 70.3 Å². The van der Waals surface area contributed by atoms with Gasteiger partial charge < -0.3 is 15.1 Å². The molecule has 0 saturated heterocycles. The third-order valence-corrected chi connectivity index (χ3v) is 4.09. The fraction of sp³-hybridized carbons (Fsp3) is 0.0588. The minimum atomic E-state index is -0.315. The highest BCUT2D eigenvalue weighted by molar-refractivity contribution is 7.12. The van der Waals surface area contributed by atoms with Crippen molar-refractivity contribution in [2.45, 2.75) is 6.92 Å². The molecule has 3 rings (SSSR count). The molecule has 116 valence electrons. The van der Waals surface area contributed by atoms with Crippen LogP contribution in [-0.4, -0.2) is 11.8 Å². The van der Waals surface area contributed by atoms with Gasteiger partial charge in [0.1, 0.15) is 0 Å². The minimum Gasteiger partial charge on any atom is -0.459 e. The fourth-order valence-electron chi connectivity index (χ4n) is 2.07. The molecule has 2 heterocycles. The topological polar surface area (TPSA) is 71.3 Å². The van der Waals surface area contributed by atoms with E-state index in [-0.39, 0.29) is 17.6 Å². The molecular formula is C17H14N2O3S. The molecule has 2 amide bonds. The average molecular weight is 326 g/mol. The number of amides is 2. The van der Waals surface area contributed by atoms with Crippen molar-refractivity contribution in [3.8, 4) is 0 Å². The van der Waals surface area contributed by atoms with Gasteiger partial charge in [-0.3, -0.25) is 9.59 Å². The number of furan rings is 1. The fourth-order valence-corrected chi connectivity index (χ4v) is 2.69. The Morgan fingerprint density at radius 1 is 1.04 bits per heavy atom. The normalized spacial score (nSPS) is 10.3. The van der Waals surface area contributed by atoms with Crippen LogP contribution in [-0.2, 0) is 0 Å². The van der Waals surface area contributed by atoms with Gasteiger partial charge in [0, 0.05) is 11.4 Å². The summed E-state index contributed by atoms with van der Waals surface area (Å²) in [6, 6.07) is 12.1. The minimum absolute atomic E-state index is 0.143. The van der Waals surface area contributed by atoms with Crippen LogP contribution in [0.1, 0.15) is 25.8 Å². The molecule has 0 unspecified atom stereocenters. The largest absolute Gasteiger partial charge is 0.459 e. The number of hydrogen-bond donors (Lipinski definition) is 2. The lowest BCUT2D eigenvalue weighted by Crippen LogP contribution is -2.13. The molecular weight excluding hydrogens is 312 g/mol. The first kappa shape index (κ1) is 15.1. The number of hydrogen-bond acceptors (Lipinski definition) is 4. The lowest BCUT2D eigenvalue weighted by atomic mass is 10.1. The first-order valence-corrected chi connectivity index (χ1v) is 7.82. The molecule has 0 aliphatic carbocycles. The van der Waals surface area contributed by atoms with Crippen LogP contribution < -0.4 is 10.6 Å². The lowest BCUT2D eigenvalue weighted by molar-refractivity contribution is 0.0994. The maximum absolute atomic E-state index is 12.1. The first-order chi connectivity index (χ1) is 11.1. The maximum atomic E-state index is 12.1. The van der Waals surface area contributed by atoms with E-state index in [0.717, 1.165) is 5.56 Å². The van der Waals surface area contributed by atoms with Crippen molar-refractivity contribution in [2.24, 2.45) is 0 Å². The molecule has 5 nitrogen and oxygen atoms in total. The van der Waals surface area contributed by atoms with Crippen LogP contribution in [0.4, 0.5) is 11.4 Å². The van der Waals surface area contributed by atoms with Gasteiger partial charge in [0.2, 0.25) is 0 Å². The van der Waals surface area contributed by atoms with Crippen molar-refractivity contribution < 1.29 is 14.0 Å². The molecule has 0 aliphatic heterocycles. The van der Waals surface area contributed by atoms with E-state index in [1.807, 2.05) is 18.4 Å². The number of thiophene rings is 1. The second-order valence-corrected chi connectivity index (χ2v) is 5.84. The average Bonchev–Trinajstić information content (AvgIpc) is 3.23. The lowest BCUT2D eigenvalue weighted by Gasteiger charge is -2.10.